The highest BCUT2D eigenvalue weighted by Crippen LogP contribution is 2.60. The van der Waals surface area contributed by atoms with E-state index in [-0.39, 0.29) is 71.0 Å². The van der Waals surface area contributed by atoms with Gasteiger partial charge in [0.15, 0.2) is 0 Å². The molecule has 2 aromatic carbocycles. The second-order valence-electron chi connectivity index (χ2n) is 24.1. The number of nitrogens with one attached hydrogen (secondary N) is 8. The van der Waals surface area contributed by atoms with Crippen LogP contribution in [0.5, 0.6) is 0 Å². The number of hydrogen-bond donors (Lipinski definition) is 8. The minimum atomic E-state index is -0.00572. The Hall–Kier alpha value is -1.88. The Kier molecular flexibility index (Phi) is 10.1. The monoisotopic (exact) mass is 817 g/mol. The molecule has 5 aliphatic heterocycles. The van der Waals surface area contributed by atoms with Gasteiger partial charge in [0.2, 0.25) is 0 Å². The molecule has 8 nitrogen and oxygen atoms in total. The summed E-state index contributed by atoms with van der Waals surface area (Å²) in [5.74, 6) is 6.51. The second kappa shape index (κ2) is 14.8. The zero-order valence-corrected chi connectivity index (χ0v) is 38.2. The molecule has 9 fully saturated rings. The molecule has 2 aromatic rings. The number of hydrogen-bond acceptors (Lipinski definition) is 8. The van der Waals surface area contributed by atoms with Crippen molar-refractivity contribution < 1.29 is 0 Å². The van der Waals surface area contributed by atoms with Crippen LogP contribution in [0, 0.1) is 69.0 Å². The smallest absolute Gasteiger partial charge is 0.0654 e. The molecule has 5 heterocycles. The lowest BCUT2D eigenvalue weighted by Gasteiger charge is -2.51. The summed E-state index contributed by atoms with van der Waals surface area (Å²) in [4.78, 5) is 0. The fourth-order valence-corrected chi connectivity index (χ4v) is 16.0. The molecule has 18 atom stereocenters. The van der Waals surface area contributed by atoms with E-state index in [1.165, 1.54) is 64.2 Å². The van der Waals surface area contributed by atoms with Gasteiger partial charge in [0, 0.05) is 21.7 Å². The SMILES string of the molecule is CC1(C)C2NC3NC(NC4NC(NC5NC(NC(N2)C1(C)C)C(C)(C)C5(C)C)C1CC(c2ccccc2)C2CCCCC2C41)C1C3CC(c2ccccc2)C2CCCCC21. The molecular formula is C52H80N8. The maximum Gasteiger partial charge on any atom is 0.0654 e. The maximum atomic E-state index is 4.60. The summed E-state index contributed by atoms with van der Waals surface area (Å²) in [5, 5.41) is 35.1. The molecule has 18 unspecified atom stereocenters. The molecule has 11 rings (SSSR count). The van der Waals surface area contributed by atoms with Crippen molar-refractivity contribution in [3.63, 3.8) is 0 Å². The van der Waals surface area contributed by atoms with Crippen LogP contribution >= 0.6 is 0 Å². The Labute approximate surface area is 362 Å². The van der Waals surface area contributed by atoms with Crippen LogP contribution in [0.25, 0.3) is 0 Å². The minimum absolute atomic E-state index is 0.000660. The van der Waals surface area contributed by atoms with Crippen molar-refractivity contribution in [2.24, 2.45) is 69.0 Å². The van der Waals surface area contributed by atoms with Gasteiger partial charge in [-0.05, 0) is 109 Å². The topological polar surface area (TPSA) is 96.2 Å². The standard InChI is InChI=1S/C52H80N8/c1-49(2)45-56-41-37-27-35(29-19-11-9-12-20-29)31-23-15-17-25-33(31)39(37)43(53-41)55-44-40-34-26-18-16-24-32(34)36(30-21-13-10-14-22-30)28-38(40)42(54-44)57-46-50(3,4)52(7,8)48(59-46)60-47(58-45)51(49,5)6/h9-14,19-22,31-48,53-60H,15-18,23-28H2,1-8H3. The number of fused-ring (bicyclic) bond motifs is 18. The van der Waals surface area contributed by atoms with E-state index in [9.17, 15) is 0 Å². The highest BCUT2D eigenvalue weighted by atomic mass is 15.4. The van der Waals surface area contributed by atoms with Crippen LogP contribution in [0.1, 0.15) is 143 Å². The van der Waals surface area contributed by atoms with Gasteiger partial charge in [0.1, 0.15) is 0 Å². The van der Waals surface area contributed by atoms with E-state index in [1.54, 1.807) is 11.1 Å². The van der Waals surface area contributed by atoms with E-state index in [0.29, 0.717) is 35.5 Å². The van der Waals surface area contributed by atoms with Gasteiger partial charge in [-0.25, -0.2) is 0 Å². The molecular weight excluding hydrogens is 737 g/mol. The highest BCUT2D eigenvalue weighted by molar-refractivity contribution is 5.26. The molecule has 0 amide bonds. The van der Waals surface area contributed by atoms with Gasteiger partial charge in [-0.3, -0.25) is 42.5 Å². The van der Waals surface area contributed by atoms with Gasteiger partial charge in [0.25, 0.3) is 0 Å². The quantitative estimate of drug-likeness (QED) is 0.155. The van der Waals surface area contributed by atoms with Crippen molar-refractivity contribution in [1.29, 1.82) is 0 Å². The van der Waals surface area contributed by atoms with Gasteiger partial charge in [-0.1, -0.05) is 142 Å². The van der Waals surface area contributed by atoms with Crippen molar-refractivity contribution in [2.45, 2.75) is 181 Å². The first-order valence-corrected chi connectivity index (χ1v) is 24.9. The summed E-state index contributed by atoms with van der Waals surface area (Å²) in [5.41, 5.74) is 3.14. The Bertz CT molecular complexity index is 1710. The molecule has 60 heavy (non-hydrogen) atoms. The predicted molar refractivity (Wildman–Crippen MR) is 243 cm³/mol. The lowest BCUT2D eigenvalue weighted by atomic mass is 9.55. The molecule has 8 bridgehead atoms. The van der Waals surface area contributed by atoms with Gasteiger partial charge in [-0.2, -0.15) is 0 Å². The van der Waals surface area contributed by atoms with Crippen molar-refractivity contribution in [3.8, 4) is 0 Å². The van der Waals surface area contributed by atoms with Crippen LogP contribution in [0.4, 0.5) is 0 Å². The lowest BCUT2D eigenvalue weighted by Crippen LogP contribution is -2.62. The summed E-state index contributed by atoms with van der Waals surface area (Å²) < 4.78 is 0. The third-order valence-corrected chi connectivity index (χ3v) is 20.9. The van der Waals surface area contributed by atoms with E-state index < -0.39 is 0 Å². The molecule has 328 valence electrons. The van der Waals surface area contributed by atoms with E-state index >= 15 is 0 Å². The highest BCUT2D eigenvalue weighted by Gasteiger charge is 2.64. The fourth-order valence-electron chi connectivity index (χ4n) is 16.0. The molecule has 4 aliphatic carbocycles. The molecule has 4 saturated carbocycles. The van der Waals surface area contributed by atoms with E-state index in [2.05, 4.69) is 159 Å². The van der Waals surface area contributed by atoms with E-state index in [1.807, 2.05) is 0 Å². The second-order valence-corrected chi connectivity index (χ2v) is 24.1. The molecule has 0 spiro atoms. The molecule has 9 aliphatic rings. The molecule has 5 saturated heterocycles. The number of benzene rings is 2. The zero-order valence-electron chi connectivity index (χ0n) is 38.2. The third kappa shape index (κ3) is 6.18. The molecule has 0 radical (unpaired) electrons. The van der Waals surface area contributed by atoms with Crippen molar-refractivity contribution >= 4 is 0 Å². The maximum absolute atomic E-state index is 4.60. The summed E-state index contributed by atoms with van der Waals surface area (Å²) in [6, 6.07) is 23.4. The minimum Gasteiger partial charge on any atom is -0.286 e. The van der Waals surface area contributed by atoms with Gasteiger partial charge < -0.3 is 0 Å². The van der Waals surface area contributed by atoms with Crippen LogP contribution in [0.3, 0.4) is 0 Å². The lowest BCUT2D eigenvalue weighted by molar-refractivity contribution is 0.0114. The predicted octanol–water partition coefficient (Wildman–Crippen LogP) is 7.94. The third-order valence-electron chi connectivity index (χ3n) is 20.9. The van der Waals surface area contributed by atoms with Crippen molar-refractivity contribution in [3.05, 3.63) is 71.8 Å². The zero-order chi connectivity index (χ0) is 41.3. The van der Waals surface area contributed by atoms with Crippen LogP contribution in [0.15, 0.2) is 60.7 Å². The van der Waals surface area contributed by atoms with E-state index in [0.717, 1.165) is 23.7 Å². The normalized spacial score (nSPS) is 48.3. The van der Waals surface area contributed by atoms with Crippen LogP contribution in [-0.4, -0.2) is 49.3 Å². The van der Waals surface area contributed by atoms with Crippen molar-refractivity contribution in [1.82, 2.24) is 42.5 Å². The summed E-state index contributed by atoms with van der Waals surface area (Å²) in [6.45, 7) is 20.0. The first kappa shape index (κ1) is 40.9. The first-order valence-electron chi connectivity index (χ1n) is 24.9. The Morgan fingerprint density at radius 2 is 0.667 bits per heavy atom. The van der Waals surface area contributed by atoms with Crippen LogP contribution < -0.4 is 42.5 Å². The number of rotatable bonds is 2. The fraction of sp³-hybridized carbons (Fsp3) is 0.769. The summed E-state index contributed by atoms with van der Waals surface area (Å²) in [7, 11) is 0. The Balaban J connectivity index is 1.01. The Morgan fingerprint density at radius 1 is 0.350 bits per heavy atom. The van der Waals surface area contributed by atoms with Crippen molar-refractivity contribution in [2.75, 3.05) is 0 Å². The van der Waals surface area contributed by atoms with Gasteiger partial charge in [-0.15, -0.1) is 0 Å². The van der Waals surface area contributed by atoms with Crippen LogP contribution in [0.2, 0.25) is 0 Å². The van der Waals surface area contributed by atoms with Crippen LogP contribution in [-0.2, 0) is 0 Å². The van der Waals surface area contributed by atoms with Gasteiger partial charge in [0.05, 0.1) is 49.3 Å². The molecule has 8 heteroatoms. The summed E-state index contributed by atoms with van der Waals surface area (Å²) >= 11 is 0. The molecule has 8 N–H and O–H groups in total. The average molecular weight is 817 g/mol. The van der Waals surface area contributed by atoms with E-state index in [4.69, 9.17) is 0 Å². The Morgan fingerprint density at radius 3 is 1.03 bits per heavy atom. The molecule has 0 aromatic heterocycles. The average Bonchev–Trinajstić information content (AvgIpc) is 3.87. The first-order chi connectivity index (χ1) is 28.8. The largest absolute Gasteiger partial charge is 0.286 e. The summed E-state index contributed by atoms with van der Waals surface area (Å²) in [6.07, 6.45) is 15.1. The van der Waals surface area contributed by atoms with Gasteiger partial charge >= 0.3 is 0 Å².